The van der Waals surface area contributed by atoms with Crippen LogP contribution in [0.1, 0.15) is 43.6 Å². The Morgan fingerprint density at radius 2 is 1.95 bits per heavy atom. The molecule has 2 rings (SSSR count). The van der Waals surface area contributed by atoms with E-state index in [0.717, 1.165) is 29.1 Å². The van der Waals surface area contributed by atoms with Crippen LogP contribution in [-0.2, 0) is 6.42 Å². The summed E-state index contributed by atoms with van der Waals surface area (Å²) in [7, 11) is 0. The zero-order valence-electron chi connectivity index (χ0n) is 11.9. The van der Waals surface area contributed by atoms with Gasteiger partial charge in [0.1, 0.15) is 11.0 Å². The third-order valence-electron chi connectivity index (χ3n) is 3.23. The zero-order chi connectivity index (χ0) is 14.0. The molecule has 0 saturated carbocycles. The van der Waals surface area contributed by atoms with Gasteiger partial charge in [-0.3, -0.25) is 0 Å². The minimum atomic E-state index is 0.270. The molecule has 0 N–H and O–H groups in total. The van der Waals surface area contributed by atoms with E-state index in [4.69, 9.17) is 11.6 Å². The molecule has 0 aliphatic rings. The Hall–Kier alpha value is -1.41. The highest BCUT2D eigenvalue weighted by atomic mass is 35.5. The molecule has 3 heteroatoms. The Bertz CT molecular complexity index is 591. The highest BCUT2D eigenvalue weighted by Crippen LogP contribution is 2.28. The van der Waals surface area contributed by atoms with E-state index >= 15 is 0 Å². The van der Waals surface area contributed by atoms with Gasteiger partial charge in [0.05, 0.1) is 5.69 Å². The molecule has 0 saturated heterocycles. The van der Waals surface area contributed by atoms with Crippen molar-refractivity contribution in [2.45, 2.75) is 40.0 Å². The molecule has 0 aliphatic heterocycles. The van der Waals surface area contributed by atoms with Crippen molar-refractivity contribution >= 4 is 11.6 Å². The third-order valence-corrected chi connectivity index (χ3v) is 3.60. The van der Waals surface area contributed by atoms with Crippen molar-refractivity contribution in [2.24, 2.45) is 0 Å². The number of nitrogens with zero attached hydrogens (tertiary/aromatic N) is 2. The van der Waals surface area contributed by atoms with Crippen LogP contribution >= 0.6 is 11.6 Å². The third kappa shape index (κ3) is 2.95. The van der Waals surface area contributed by atoms with E-state index in [2.05, 4.69) is 55.0 Å². The molecule has 1 aromatic heterocycles. The van der Waals surface area contributed by atoms with Crippen molar-refractivity contribution in [3.63, 3.8) is 0 Å². The van der Waals surface area contributed by atoms with Crippen molar-refractivity contribution in [2.75, 3.05) is 0 Å². The van der Waals surface area contributed by atoms with Gasteiger partial charge in [0.15, 0.2) is 0 Å². The Balaban J connectivity index is 2.60. The Morgan fingerprint density at radius 1 is 1.21 bits per heavy atom. The van der Waals surface area contributed by atoms with E-state index in [-0.39, 0.29) is 5.92 Å². The van der Waals surface area contributed by atoms with E-state index in [1.54, 1.807) is 0 Å². The van der Waals surface area contributed by atoms with Gasteiger partial charge < -0.3 is 0 Å². The van der Waals surface area contributed by atoms with Gasteiger partial charge in [0.2, 0.25) is 0 Å². The smallest absolute Gasteiger partial charge is 0.136 e. The average molecular weight is 275 g/mol. The van der Waals surface area contributed by atoms with Crippen LogP contribution < -0.4 is 0 Å². The van der Waals surface area contributed by atoms with Crippen LogP contribution in [0.25, 0.3) is 11.3 Å². The number of aromatic nitrogens is 2. The van der Waals surface area contributed by atoms with Gasteiger partial charge in [-0.1, -0.05) is 50.6 Å². The summed E-state index contributed by atoms with van der Waals surface area (Å²) in [6.45, 7) is 8.28. The molecule has 2 nitrogen and oxygen atoms in total. The van der Waals surface area contributed by atoms with Gasteiger partial charge in [0.25, 0.3) is 0 Å². The van der Waals surface area contributed by atoms with Gasteiger partial charge >= 0.3 is 0 Å². The summed E-state index contributed by atoms with van der Waals surface area (Å²) in [5.41, 5.74) is 4.30. The van der Waals surface area contributed by atoms with E-state index in [1.165, 1.54) is 5.56 Å². The molecular weight excluding hydrogens is 256 g/mol. The Morgan fingerprint density at radius 3 is 2.58 bits per heavy atom. The quantitative estimate of drug-likeness (QED) is 0.752. The van der Waals surface area contributed by atoms with Crippen LogP contribution in [-0.4, -0.2) is 9.97 Å². The fraction of sp³-hybridized carbons (Fsp3) is 0.375. The lowest BCUT2D eigenvalue weighted by Gasteiger charge is -2.12. The summed E-state index contributed by atoms with van der Waals surface area (Å²) in [5.74, 6) is 1.07. The zero-order valence-corrected chi connectivity index (χ0v) is 12.6. The number of aryl methyl sites for hydroxylation is 1. The van der Waals surface area contributed by atoms with Crippen LogP contribution in [0.5, 0.6) is 0 Å². The van der Waals surface area contributed by atoms with Gasteiger partial charge in [-0.15, -0.1) is 0 Å². The number of benzene rings is 1. The topological polar surface area (TPSA) is 25.8 Å². The van der Waals surface area contributed by atoms with Crippen LogP contribution in [0.4, 0.5) is 0 Å². The lowest BCUT2D eigenvalue weighted by molar-refractivity contribution is 0.773. The van der Waals surface area contributed by atoms with Crippen LogP contribution in [0.2, 0.25) is 5.15 Å². The summed E-state index contributed by atoms with van der Waals surface area (Å²) < 4.78 is 0. The van der Waals surface area contributed by atoms with Gasteiger partial charge in [-0.25, -0.2) is 9.97 Å². The number of hydrogen-bond donors (Lipinski definition) is 0. The van der Waals surface area contributed by atoms with Crippen molar-refractivity contribution in [3.05, 3.63) is 46.4 Å². The fourth-order valence-corrected chi connectivity index (χ4v) is 2.16. The molecule has 0 atom stereocenters. The normalized spacial score (nSPS) is 11.1. The second kappa shape index (κ2) is 5.70. The molecule has 100 valence electrons. The number of halogens is 1. The summed E-state index contributed by atoms with van der Waals surface area (Å²) >= 11 is 6.24. The van der Waals surface area contributed by atoms with E-state index in [1.807, 2.05) is 6.92 Å². The first kappa shape index (κ1) is 14.0. The minimum Gasteiger partial charge on any atom is -0.232 e. The molecule has 0 unspecified atom stereocenters. The first-order chi connectivity index (χ1) is 9.02. The summed E-state index contributed by atoms with van der Waals surface area (Å²) in [4.78, 5) is 9.04. The van der Waals surface area contributed by atoms with E-state index < -0.39 is 0 Å². The summed E-state index contributed by atoms with van der Waals surface area (Å²) in [5, 5.41) is 0.551. The first-order valence-electron chi connectivity index (χ1n) is 6.66. The first-order valence-corrected chi connectivity index (χ1v) is 7.04. The molecule has 2 aromatic rings. The molecule has 0 aliphatic carbocycles. The molecule has 0 bridgehead atoms. The Kier molecular flexibility index (Phi) is 4.20. The highest BCUT2D eigenvalue weighted by molar-refractivity contribution is 6.30. The maximum atomic E-state index is 6.24. The predicted octanol–water partition coefficient (Wildman–Crippen LogP) is 4.79. The Labute approximate surface area is 119 Å². The highest BCUT2D eigenvalue weighted by Gasteiger charge is 2.13. The summed E-state index contributed by atoms with van der Waals surface area (Å²) in [6, 6.07) is 8.45. The van der Waals surface area contributed by atoms with Crippen LogP contribution in [0.15, 0.2) is 24.3 Å². The molecule has 0 spiro atoms. The predicted molar refractivity (Wildman–Crippen MR) is 80.7 cm³/mol. The van der Waals surface area contributed by atoms with Gasteiger partial charge in [-0.05, 0) is 25.0 Å². The monoisotopic (exact) mass is 274 g/mol. The van der Waals surface area contributed by atoms with Crippen molar-refractivity contribution in [1.29, 1.82) is 0 Å². The van der Waals surface area contributed by atoms with Crippen molar-refractivity contribution in [1.82, 2.24) is 9.97 Å². The van der Waals surface area contributed by atoms with Crippen molar-refractivity contribution < 1.29 is 0 Å². The lowest BCUT2D eigenvalue weighted by atomic mass is 10.0. The molecular formula is C16H19ClN2. The maximum absolute atomic E-state index is 6.24. The molecule has 19 heavy (non-hydrogen) atoms. The van der Waals surface area contributed by atoms with Gasteiger partial charge in [-0.2, -0.15) is 0 Å². The fourth-order valence-electron chi connectivity index (χ4n) is 1.98. The van der Waals surface area contributed by atoms with E-state index in [9.17, 15) is 0 Å². The standard InChI is InChI=1S/C16H19ClN2/c1-5-12-7-6-8-13(9-12)14-11(4)15(17)19-16(18-14)10(2)3/h6-10H,5H2,1-4H3. The SMILES string of the molecule is CCc1cccc(-c2nc(C(C)C)nc(Cl)c2C)c1. The molecule has 1 heterocycles. The molecule has 1 aromatic carbocycles. The van der Waals surface area contributed by atoms with Crippen molar-refractivity contribution in [3.8, 4) is 11.3 Å². The second-order valence-corrected chi connectivity index (χ2v) is 5.41. The average Bonchev–Trinajstić information content (AvgIpc) is 2.41. The minimum absolute atomic E-state index is 0.270. The maximum Gasteiger partial charge on any atom is 0.136 e. The van der Waals surface area contributed by atoms with Gasteiger partial charge in [0, 0.05) is 17.0 Å². The molecule has 0 radical (unpaired) electrons. The summed E-state index contributed by atoms with van der Waals surface area (Å²) in [6.07, 6.45) is 1.02. The number of hydrogen-bond acceptors (Lipinski definition) is 2. The molecule has 0 amide bonds. The largest absolute Gasteiger partial charge is 0.232 e. The second-order valence-electron chi connectivity index (χ2n) is 5.05. The van der Waals surface area contributed by atoms with Crippen LogP contribution in [0.3, 0.4) is 0 Å². The molecule has 0 fully saturated rings. The number of rotatable bonds is 3. The van der Waals surface area contributed by atoms with Crippen LogP contribution in [0, 0.1) is 6.92 Å². The lowest BCUT2D eigenvalue weighted by Crippen LogP contribution is -2.02. The van der Waals surface area contributed by atoms with E-state index in [0.29, 0.717) is 5.15 Å².